The Balaban J connectivity index is 0. The molecule has 4 heteroatoms. The fourth-order valence-corrected chi connectivity index (χ4v) is 0. The third kappa shape index (κ3) is 8.95. The summed E-state index contributed by atoms with van der Waals surface area (Å²) in [6.45, 7) is 1.62. The van der Waals surface area contributed by atoms with E-state index in [9.17, 15) is 9.46 Å². The molecule has 0 aliphatic carbocycles. The van der Waals surface area contributed by atoms with Crippen LogP contribution in [0.4, 0.5) is 0 Å². The fraction of sp³-hybridized carbons (Fsp3) is 1.00. The standard InChI is InChI=1S/C2H7O2P.Na/c1-2-5(3)4;/h5H,2H2,1H3,(H,3,4);/q;+1/p-1. The van der Waals surface area contributed by atoms with Crippen molar-refractivity contribution >= 4 is 8.03 Å². The van der Waals surface area contributed by atoms with Crippen LogP contribution in [0, 0.1) is 0 Å². The molecule has 32 valence electrons. The SMILES string of the molecule is CC[PH](=O)[O-].[Na+]. The van der Waals surface area contributed by atoms with Gasteiger partial charge in [-0.05, 0) is 6.16 Å². The first-order valence-corrected chi connectivity index (χ1v) is 2.99. The van der Waals surface area contributed by atoms with E-state index in [2.05, 4.69) is 0 Å². The molecule has 1 atom stereocenters. The molecule has 0 amide bonds. The van der Waals surface area contributed by atoms with Gasteiger partial charge in [0.05, 0.1) is 0 Å². The quantitative estimate of drug-likeness (QED) is 0.268. The summed E-state index contributed by atoms with van der Waals surface area (Å²) in [5.74, 6) is 0. The van der Waals surface area contributed by atoms with Crippen LogP contribution in [-0.4, -0.2) is 6.16 Å². The summed E-state index contributed by atoms with van der Waals surface area (Å²) in [5.41, 5.74) is 0. The summed E-state index contributed by atoms with van der Waals surface area (Å²) in [5, 5.41) is 0. The minimum absolute atomic E-state index is 0. The van der Waals surface area contributed by atoms with Gasteiger partial charge in [-0.25, -0.2) is 0 Å². The van der Waals surface area contributed by atoms with Crippen LogP contribution in [-0.2, 0) is 4.57 Å². The minimum Gasteiger partial charge on any atom is -0.802 e. The third-order valence-corrected chi connectivity index (χ3v) is 0.866. The number of hydrogen-bond acceptors (Lipinski definition) is 2. The smallest absolute Gasteiger partial charge is 0.802 e. The molecule has 1 unspecified atom stereocenters. The first kappa shape index (κ1) is 10.2. The van der Waals surface area contributed by atoms with Crippen LogP contribution in [0.1, 0.15) is 6.92 Å². The van der Waals surface area contributed by atoms with Crippen LogP contribution in [0.15, 0.2) is 0 Å². The molecule has 2 nitrogen and oxygen atoms in total. The summed E-state index contributed by atoms with van der Waals surface area (Å²) in [7, 11) is -2.37. The largest absolute Gasteiger partial charge is 1.00 e. The van der Waals surface area contributed by atoms with E-state index in [0.29, 0.717) is 6.16 Å². The van der Waals surface area contributed by atoms with E-state index in [-0.39, 0.29) is 29.6 Å². The second-order valence-corrected chi connectivity index (χ2v) is 2.18. The van der Waals surface area contributed by atoms with Gasteiger partial charge in [0, 0.05) is 8.03 Å². The van der Waals surface area contributed by atoms with Gasteiger partial charge >= 0.3 is 29.6 Å². The average molecular weight is 116 g/mol. The maximum Gasteiger partial charge on any atom is 1.00 e. The summed E-state index contributed by atoms with van der Waals surface area (Å²) in [4.78, 5) is 9.44. The van der Waals surface area contributed by atoms with Gasteiger partial charge in [0.1, 0.15) is 0 Å². The Morgan fingerprint density at radius 2 is 2.00 bits per heavy atom. The van der Waals surface area contributed by atoms with Gasteiger partial charge in [0.25, 0.3) is 0 Å². The van der Waals surface area contributed by atoms with E-state index in [4.69, 9.17) is 0 Å². The molecule has 0 radical (unpaired) electrons. The first-order valence-electron chi connectivity index (χ1n) is 1.47. The van der Waals surface area contributed by atoms with Crippen LogP contribution in [0.5, 0.6) is 0 Å². The van der Waals surface area contributed by atoms with E-state index in [0.717, 1.165) is 0 Å². The maximum absolute atomic E-state index is 9.44. The number of hydrogen-bond donors (Lipinski definition) is 0. The molecule has 6 heavy (non-hydrogen) atoms. The predicted octanol–water partition coefficient (Wildman–Crippen LogP) is -3.15. The van der Waals surface area contributed by atoms with Crippen LogP contribution in [0.2, 0.25) is 0 Å². The van der Waals surface area contributed by atoms with Gasteiger partial charge in [-0.3, -0.25) is 0 Å². The predicted molar refractivity (Wildman–Crippen MR) is 19.5 cm³/mol. The molecule has 0 rings (SSSR count). The van der Waals surface area contributed by atoms with Crippen LogP contribution in [0.25, 0.3) is 0 Å². The van der Waals surface area contributed by atoms with Crippen molar-refractivity contribution in [3.05, 3.63) is 0 Å². The Morgan fingerprint density at radius 1 is 1.83 bits per heavy atom. The van der Waals surface area contributed by atoms with E-state index < -0.39 is 8.03 Å². The molecule has 0 saturated heterocycles. The van der Waals surface area contributed by atoms with Gasteiger partial charge in [0.15, 0.2) is 0 Å². The molecule has 0 aliphatic rings. The summed E-state index contributed by atoms with van der Waals surface area (Å²) in [6.07, 6.45) is 0.296. The van der Waals surface area contributed by atoms with E-state index in [1.54, 1.807) is 6.92 Å². The minimum atomic E-state index is -2.37. The fourth-order valence-electron chi connectivity index (χ4n) is 0. The normalized spacial score (nSPS) is 12.3. The Labute approximate surface area is 60.1 Å². The van der Waals surface area contributed by atoms with Crippen molar-refractivity contribution < 1.29 is 39.0 Å². The monoisotopic (exact) mass is 116 g/mol. The average Bonchev–Trinajstić information content (AvgIpc) is 1.38. The molecule has 0 fully saturated rings. The molecular weight excluding hydrogens is 110 g/mol. The van der Waals surface area contributed by atoms with Gasteiger partial charge in [-0.1, -0.05) is 6.92 Å². The van der Waals surface area contributed by atoms with Crippen molar-refractivity contribution in [1.29, 1.82) is 0 Å². The number of rotatable bonds is 1. The zero-order valence-corrected chi connectivity index (χ0v) is 7.02. The second-order valence-electron chi connectivity index (χ2n) is 0.726. The van der Waals surface area contributed by atoms with Crippen LogP contribution in [0.3, 0.4) is 0 Å². The second kappa shape index (κ2) is 6.19. The van der Waals surface area contributed by atoms with Crippen molar-refractivity contribution in [2.45, 2.75) is 6.92 Å². The molecular formula is C2H6NaO2P. The van der Waals surface area contributed by atoms with E-state index >= 15 is 0 Å². The van der Waals surface area contributed by atoms with E-state index in [1.807, 2.05) is 0 Å². The summed E-state index contributed by atoms with van der Waals surface area (Å²) < 4.78 is 9.44. The summed E-state index contributed by atoms with van der Waals surface area (Å²) in [6, 6.07) is 0. The molecule has 0 N–H and O–H groups in total. The van der Waals surface area contributed by atoms with Crippen molar-refractivity contribution in [2.24, 2.45) is 0 Å². The van der Waals surface area contributed by atoms with Gasteiger partial charge in [-0.2, -0.15) is 0 Å². The molecule has 0 aromatic rings. The topological polar surface area (TPSA) is 40.1 Å². The Morgan fingerprint density at radius 3 is 2.00 bits per heavy atom. The zero-order chi connectivity index (χ0) is 4.28. The maximum atomic E-state index is 9.44. The zero-order valence-electron chi connectivity index (χ0n) is 4.02. The van der Waals surface area contributed by atoms with Crippen molar-refractivity contribution in [1.82, 2.24) is 0 Å². The van der Waals surface area contributed by atoms with Crippen molar-refractivity contribution in [3.8, 4) is 0 Å². The van der Waals surface area contributed by atoms with Crippen molar-refractivity contribution in [2.75, 3.05) is 6.16 Å². The Bertz CT molecular complexity index is 46.8. The molecule has 0 saturated carbocycles. The molecule has 0 aliphatic heterocycles. The summed E-state index contributed by atoms with van der Waals surface area (Å²) >= 11 is 0. The van der Waals surface area contributed by atoms with Gasteiger partial charge < -0.3 is 9.46 Å². The molecule has 0 bridgehead atoms. The molecule has 0 heterocycles. The van der Waals surface area contributed by atoms with Gasteiger partial charge in [-0.15, -0.1) is 0 Å². The van der Waals surface area contributed by atoms with Gasteiger partial charge in [0.2, 0.25) is 0 Å². The Hall–Kier alpha value is 1.19. The Kier molecular flexibility index (Phi) is 10.6. The first-order chi connectivity index (χ1) is 2.27. The molecule has 0 aromatic carbocycles. The molecule has 0 spiro atoms. The van der Waals surface area contributed by atoms with Crippen LogP contribution >= 0.6 is 8.03 Å². The van der Waals surface area contributed by atoms with E-state index in [1.165, 1.54) is 0 Å². The van der Waals surface area contributed by atoms with Crippen LogP contribution < -0.4 is 34.5 Å². The van der Waals surface area contributed by atoms with Crippen molar-refractivity contribution in [3.63, 3.8) is 0 Å². The molecule has 0 aromatic heterocycles. The third-order valence-electron chi connectivity index (χ3n) is 0.289.